The second-order valence-electron chi connectivity index (χ2n) is 1.49. The maximum atomic E-state index is 10.4. The minimum atomic E-state index is -1.48. The number of nitriles is 1. The van der Waals surface area contributed by atoms with Crippen molar-refractivity contribution in [3.63, 3.8) is 0 Å². The topological polar surface area (TPSA) is 93.2 Å². The lowest BCUT2D eigenvalue weighted by molar-refractivity contribution is -0.146. The van der Waals surface area contributed by atoms with Crippen LogP contribution in [0.1, 0.15) is 0 Å². The van der Waals surface area contributed by atoms with Crippen LogP contribution >= 0.6 is 0 Å². The highest BCUT2D eigenvalue weighted by molar-refractivity contribution is 5.99. The first-order chi connectivity index (χ1) is 4.63. The van der Waals surface area contributed by atoms with Gasteiger partial charge in [0.15, 0.2) is 0 Å². The Kier molecular flexibility index (Phi) is 2.91. The minimum Gasteiger partial charge on any atom is -0.468 e. The van der Waals surface area contributed by atoms with Gasteiger partial charge in [-0.3, -0.25) is 9.59 Å². The average Bonchev–Trinajstić information content (AvgIpc) is 1.88. The molecule has 0 aliphatic rings. The second kappa shape index (κ2) is 3.45. The van der Waals surface area contributed by atoms with E-state index < -0.39 is 17.8 Å². The highest BCUT2D eigenvalue weighted by Gasteiger charge is 2.24. The molecule has 0 bridgehead atoms. The van der Waals surface area contributed by atoms with E-state index in [0.717, 1.165) is 7.11 Å². The van der Waals surface area contributed by atoms with Crippen molar-refractivity contribution in [2.24, 2.45) is 11.7 Å². The maximum absolute atomic E-state index is 10.4. The molecule has 0 aromatic heterocycles. The van der Waals surface area contributed by atoms with Crippen molar-refractivity contribution in [2.45, 2.75) is 0 Å². The molecule has 0 rings (SSSR count). The van der Waals surface area contributed by atoms with Crippen molar-refractivity contribution >= 4 is 11.9 Å². The number of methoxy groups -OCH3 is 1. The van der Waals surface area contributed by atoms with Crippen molar-refractivity contribution in [2.75, 3.05) is 7.11 Å². The Morgan fingerprint density at radius 3 is 2.30 bits per heavy atom. The Balaban J connectivity index is 4.25. The summed E-state index contributed by atoms with van der Waals surface area (Å²) in [6.45, 7) is 0. The van der Waals surface area contributed by atoms with Crippen LogP contribution in [-0.4, -0.2) is 19.0 Å². The third-order valence-corrected chi connectivity index (χ3v) is 0.851. The van der Waals surface area contributed by atoms with Crippen LogP contribution in [0.15, 0.2) is 0 Å². The molecule has 0 fully saturated rings. The Morgan fingerprint density at radius 1 is 1.70 bits per heavy atom. The van der Waals surface area contributed by atoms with E-state index in [4.69, 9.17) is 5.26 Å². The van der Waals surface area contributed by atoms with E-state index in [1.54, 1.807) is 0 Å². The van der Waals surface area contributed by atoms with E-state index in [0.29, 0.717) is 0 Å². The van der Waals surface area contributed by atoms with Gasteiger partial charge in [-0.05, 0) is 0 Å². The van der Waals surface area contributed by atoms with Gasteiger partial charge in [0.1, 0.15) is 0 Å². The lowest BCUT2D eigenvalue weighted by Gasteiger charge is -1.99. The summed E-state index contributed by atoms with van der Waals surface area (Å²) >= 11 is 0. The van der Waals surface area contributed by atoms with Gasteiger partial charge in [0.05, 0.1) is 13.2 Å². The first-order valence-electron chi connectivity index (χ1n) is 2.40. The summed E-state index contributed by atoms with van der Waals surface area (Å²) in [6, 6.07) is 1.40. The van der Waals surface area contributed by atoms with E-state index in [1.165, 1.54) is 6.07 Å². The standard InChI is InChI=1S/C5H6N2O3/c1-10-5(9)3(2-6)4(7)8/h3H,1H3,(H2,7,8). The van der Waals surface area contributed by atoms with E-state index in [-0.39, 0.29) is 0 Å². The van der Waals surface area contributed by atoms with Gasteiger partial charge in [-0.1, -0.05) is 0 Å². The summed E-state index contributed by atoms with van der Waals surface area (Å²) in [4.78, 5) is 20.7. The van der Waals surface area contributed by atoms with Gasteiger partial charge in [0.2, 0.25) is 11.8 Å². The first kappa shape index (κ1) is 8.43. The number of nitrogens with zero attached hydrogens (tertiary/aromatic N) is 1. The molecule has 0 aliphatic heterocycles. The molecule has 0 saturated carbocycles. The average molecular weight is 142 g/mol. The van der Waals surface area contributed by atoms with Crippen LogP contribution in [-0.2, 0) is 14.3 Å². The molecule has 5 nitrogen and oxygen atoms in total. The molecule has 54 valence electrons. The van der Waals surface area contributed by atoms with Gasteiger partial charge in [0.25, 0.3) is 0 Å². The largest absolute Gasteiger partial charge is 0.468 e. The Labute approximate surface area is 57.4 Å². The first-order valence-corrected chi connectivity index (χ1v) is 2.40. The molecule has 0 spiro atoms. The summed E-state index contributed by atoms with van der Waals surface area (Å²) in [6.07, 6.45) is 0. The fourth-order valence-corrected chi connectivity index (χ4v) is 0.350. The second-order valence-corrected chi connectivity index (χ2v) is 1.49. The van der Waals surface area contributed by atoms with E-state index in [9.17, 15) is 9.59 Å². The molecule has 0 radical (unpaired) electrons. The Hall–Kier alpha value is -1.57. The Morgan fingerprint density at radius 2 is 2.20 bits per heavy atom. The molecular weight excluding hydrogens is 136 g/mol. The van der Waals surface area contributed by atoms with Gasteiger partial charge in [0, 0.05) is 0 Å². The molecule has 2 N–H and O–H groups in total. The zero-order valence-electron chi connectivity index (χ0n) is 5.33. The molecule has 1 atom stereocenters. The van der Waals surface area contributed by atoms with Crippen LogP contribution in [0.3, 0.4) is 0 Å². The van der Waals surface area contributed by atoms with Crippen LogP contribution in [0.2, 0.25) is 0 Å². The van der Waals surface area contributed by atoms with E-state index in [2.05, 4.69) is 10.5 Å². The molecule has 0 heterocycles. The van der Waals surface area contributed by atoms with Crippen molar-refractivity contribution in [1.29, 1.82) is 5.26 Å². The smallest absolute Gasteiger partial charge is 0.332 e. The predicted molar refractivity (Wildman–Crippen MR) is 30.3 cm³/mol. The van der Waals surface area contributed by atoms with Crippen LogP contribution < -0.4 is 5.73 Å². The molecule has 1 unspecified atom stereocenters. The van der Waals surface area contributed by atoms with Crippen molar-refractivity contribution < 1.29 is 14.3 Å². The number of amides is 1. The molecule has 0 aliphatic carbocycles. The molecular formula is C5H6N2O3. The van der Waals surface area contributed by atoms with Gasteiger partial charge in [-0.25, -0.2) is 0 Å². The normalized spacial score (nSPS) is 11.2. The lowest BCUT2D eigenvalue weighted by Crippen LogP contribution is -2.29. The molecule has 0 saturated heterocycles. The SMILES string of the molecule is COC(=O)C(C#N)C(N)=O. The predicted octanol–water partition coefficient (Wildman–Crippen LogP) is -1.22. The maximum Gasteiger partial charge on any atom is 0.332 e. The minimum absolute atomic E-state index is 0.921. The monoisotopic (exact) mass is 142 g/mol. The fraction of sp³-hybridized carbons (Fsp3) is 0.400. The van der Waals surface area contributed by atoms with Crippen molar-refractivity contribution in [3.05, 3.63) is 0 Å². The number of primary amides is 1. The quantitative estimate of drug-likeness (QED) is 0.386. The summed E-state index contributed by atoms with van der Waals surface area (Å²) < 4.78 is 4.10. The summed E-state index contributed by atoms with van der Waals surface area (Å²) in [7, 11) is 1.08. The van der Waals surface area contributed by atoms with Gasteiger partial charge < -0.3 is 10.5 Å². The molecule has 5 heteroatoms. The van der Waals surface area contributed by atoms with E-state index >= 15 is 0 Å². The fourth-order valence-electron chi connectivity index (χ4n) is 0.350. The molecule has 0 aromatic carbocycles. The number of hydrogen-bond acceptors (Lipinski definition) is 4. The van der Waals surface area contributed by atoms with Crippen molar-refractivity contribution in [3.8, 4) is 6.07 Å². The van der Waals surface area contributed by atoms with E-state index in [1.807, 2.05) is 0 Å². The van der Waals surface area contributed by atoms with Gasteiger partial charge >= 0.3 is 5.97 Å². The van der Waals surface area contributed by atoms with Crippen LogP contribution in [0.4, 0.5) is 0 Å². The zero-order chi connectivity index (χ0) is 8.15. The number of carbonyl (C=O) groups is 2. The number of hydrogen-bond donors (Lipinski definition) is 1. The number of esters is 1. The third-order valence-electron chi connectivity index (χ3n) is 0.851. The summed E-state index contributed by atoms with van der Waals surface area (Å²) in [5.74, 6) is -3.39. The number of nitrogens with two attached hydrogens (primary N) is 1. The zero-order valence-corrected chi connectivity index (χ0v) is 5.33. The van der Waals surface area contributed by atoms with Gasteiger partial charge in [-0.15, -0.1) is 0 Å². The number of ether oxygens (including phenoxy) is 1. The van der Waals surface area contributed by atoms with Crippen LogP contribution in [0.25, 0.3) is 0 Å². The lowest BCUT2D eigenvalue weighted by atomic mass is 10.2. The van der Waals surface area contributed by atoms with Crippen molar-refractivity contribution in [1.82, 2.24) is 0 Å². The molecule has 0 aromatic rings. The van der Waals surface area contributed by atoms with Crippen LogP contribution in [0.5, 0.6) is 0 Å². The third kappa shape index (κ3) is 1.74. The molecule has 10 heavy (non-hydrogen) atoms. The summed E-state index contributed by atoms with van der Waals surface area (Å²) in [5.41, 5.74) is 4.66. The number of rotatable bonds is 2. The highest BCUT2D eigenvalue weighted by Crippen LogP contribution is 1.94. The van der Waals surface area contributed by atoms with Crippen LogP contribution in [0, 0.1) is 17.2 Å². The van der Waals surface area contributed by atoms with Gasteiger partial charge in [-0.2, -0.15) is 5.26 Å². The molecule has 1 amide bonds. The highest BCUT2D eigenvalue weighted by atomic mass is 16.5. The summed E-state index contributed by atoms with van der Waals surface area (Å²) in [5, 5.41) is 8.15. The Bertz CT molecular complexity index is 194. The number of carbonyl (C=O) groups excluding carboxylic acids is 2.